The first-order valence-electron chi connectivity index (χ1n) is 16.4. The maximum atomic E-state index is 15.1. The number of hydrogen-bond acceptors (Lipinski definition) is 10. The quantitative estimate of drug-likeness (QED) is 0.0900. The Morgan fingerprint density at radius 2 is 1.63 bits per heavy atom. The van der Waals surface area contributed by atoms with E-state index < -0.39 is 32.1 Å². The van der Waals surface area contributed by atoms with Gasteiger partial charge in [0.25, 0.3) is 0 Å². The fraction of sp³-hybridized carbons (Fsp3) is 0.263. The van der Waals surface area contributed by atoms with E-state index in [1.165, 1.54) is 18.2 Å². The van der Waals surface area contributed by atoms with Gasteiger partial charge in [-0.05, 0) is 65.3 Å². The van der Waals surface area contributed by atoms with E-state index in [2.05, 4.69) is 40.5 Å². The van der Waals surface area contributed by atoms with Crippen molar-refractivity contribution in [2.24, 2.45) is 9.81 Å². The molecule has 6 rings (SSSR count). The molecule has 0 aromatic heterocycles. The largest absolute Gasteiger partial charge is 0.506 e. The summed E-state index contributed by atoms with van der Waals surface area (Å²) in [5.74, 6) is -0.364. The van der Waals surface area contributed by atoms with Crippen LogP contribution in [0.3, 0.4) is 0 Å². The smallest absolute Gasteiger partial charge is 0.229 e. The lowest BCUT2D eigenvalue weighted by molar-refractivity contribution is -0.122. The number of rotatable bonds is 11. The fourth-order valence-corrected chi connectivity index (χ4v) is 7.98. The zero-order chi connectivity index (χ0) is 36.6. The van der Waals surface area contributed by atoms with Gasteiger partial charge < -0.3 is 15.2 Å². The average Bonchev–Trinajstić information content (AvgIpc) is 3.07. The molecule has 0 saturated carbocycles. The Kier molecular flexibility index (Phi) is 9.79. The molecule has 51 heavy (non-hydrogen) atoms. The molecule has 0 spiro atoms. The first-order valence-corrected chi connectivity index (χ1v) is 19.8. The summed E-state index contributed by atoms with van der Waals surface area (Å²) in [6, 6.07) is 28.8. The number of nitrogens with one attached hydrogen (secondary N) is 3. The highest BCUT2D eigenvalue weighted by molar-refractivity contribution is 8.23. The highest BCUT2D eigenvalue weighted by atomic mass is 32.3. The molecule has 1 aliphatic carbocycles. The van der Waals surface area contributed by atoms with Crippen LogP contribution in [0.5, 0.6) is 5.75 Å². The topological polar surface area (TPSA) is 170 Å². The van der Waals surface area contributed by atoms with E-state index in [0.29, 0.717) is 36.3 Å². The minimum atomic E-state index is -3.94. The molecule has 4 aromatic carbocycles. The minimum Gasteiger partial charge on any atom is -0.506 e. The molecule has 1 unspecified atom stereocenters. The number of Topliss-reactive ketones (excluding diaryl/α,β-unsaturated/α-hetero) is 1. The number of anilines is 2. The number of ether oxygens (including phenoxy) is 1. The molecule has 268 valence electrons. The summed E-state index contributed by atoms with van der Waals surface area (Å²) in [7, 11) is -7.59. The van der Waals surface area contributed by atoms with Crippen molar-refractivity contribution in [3.05, 3.63) is 125 Å². The first-order chi connectivity index (χ1) is 24.0. The number of aliphatic hydroxyl groups is 1. The van der Waals surface area contributed by atoms with Gasteiger partial charge in [0.15, 0.2) is 11.6 Å². The number of ketones is 1. The predicted octanol–water partition coefficient (Wildman–Crippen LogP) is 7.85. The van der Waals surface area contributed by atoms with E-state index in [1.807, 2.05) is 66.7 Å². The molecular weight excluding hydrogens is 689 g/mol. The molecule has 0 radical (unpaired) electrons. The maximum Gasteiger partial charge on any atom is 0.229 e. The van der Waals surface area contributed by atoms with E-state index in [0.717, 1.165) is 17.4 Å². The molecule has 1 heterocycles. The number of carbonyl (C=O) groups is 1. The van der Waals surface area contributed by atoms with Crippen molar-refractivity contribution in [1.29, 1.82) is 0 Å². The second kappa shape index (κ2) is 13.8. The number of sulfonamides is 1. The Morgan fingerprint density at radius 1 is 0.922 bits per heavy atom. The Balaban J connectivity index is 1.38. The highest BCUT2D eigenvalue weighted by Crippen LogP contribution is 2.57. The van der Waals surface area contributed by atoms with Gasteiger partial charge in [-0.1, -0.05) is 98.3 Å². The van der Waals surface area contributed by atoms with E-state index in [4.69, 9.17) is 4.74 Å². The van der Waals surface area contributed by atoms with Gasteiger partial charge in [-0.3, -0.25) is 23.9 Å². The van der Waals surface area contributed by atoms with Crippen molar-refractivity contribution < 1.29 is 32.2 Å². The number of carbonyl (C=O) groups excluding carboxylic acids is 1. The van der Waals surface area contributed by atoms with Crippen molar-refractivity contribution in [3.8, 4) is 5.75 Å². The van der Waals surface area contributed by atoms with Gasteiger partial charge in [-0.25, -0.2) is 8.42 Å². The lowest BCUT2D eigenvalue weighted by atomic mass is 9.69. The van der Waals surface area contributed by atoms with Crippen molar-refractivity contribution in [2.45, 2.75) is 57.2 Å². The molecule has 1 atom stereocenters. The van der Waals surface area contributed by atoms with Gasteiger partial charge in [0.1, 0.15) is 34.1 Å². The summed E-state index contributed by atoms with van der Waals surface area (Å²) in [5.41, 5.74) is 1.52. The number of nitrogens with zero attached hydrogens (tertiary/aromatic N) is 1. The molecule has 0 bridgehead atoms. The molecule has 4 aromatic rings. The molecular formula is C38H42N4O7S2. The van der Waals surface area contributed by atoms with Gasteiger partial charge in [0.05, 0.1) is 17.6 Å². The molecule has 13 heteroatoms. The summed E-state index contributed by atoms with van der Waals surface area (Å²) < 4.78 is 58.7. The van der Waals surface area contributed by atoms with Crippen molar-refractivity contribution in [3.63, 3.8) is 0 Å². The molecule has 1 aliphatic heterocycles. The second-order valence-corrected chi connectivity index (χ2v) is 17.4. The van der Waals surface area contributed by atoms with Gasteiger partial charge in [-0.2, -0.15) is 0 Å². The predicted molar refractivity (Wildman–Crippen MR) is 203 cm³/mol. The monoisotopic (exact) mass is 730 g/mol. The van der Waals surface area contributed by atoms with Crippen molar-refractivity contribution in [1.82, 2.24) is 5.32 Å². The summed E-state index contributed by atoms with van der Waals surface area (Å²) in [4.78, 5) is 15.0. The average molecular weight is 731 g/mol. The van der Waals surface area contributed by atoms with Crippen molar-refractivity contribution >= 4 is 49.6 Å². The molecule has 0 fully saturated rings. The Bertz CT molecular complexity index is 2140. The van der Waals surface area contributed by atoms with E-state index in [1.54, 1.807) is 12.1 Å². The fourth-order valence-electron chi connectivity index (χ4n) is 6.24. The molecule has 11 nitrogen and oxygen atoms in total. The summed E-state index contributed by atoms with van der Waals surface area (Å²) in [6.45, 7) is 6.95. The number of hydrogen-bond donors (Lipinski definition) is 6. The summed E-state index contributed by atoms with van der Waals surface area (Å²) >= 11 is 0. The number of fused-ring (bicyclic) bond motifs is 2. The SMILES string of the molecule is CC(C)(C)CCC1(NCc2cccc(OCc3ccccc3)c2)C(=O)C(C2=NS(O)(O)c3cc(NS(C)(=O)=O)ccc3N2)=C(O)c2ccccc21. The molecule has 2 aliphatic rings. The van der Waals surface area contributed by atoms with E-state index in [9.17, 15) is 22.6 Å². The third-order valence-electron chi connectivity index (χ3n) is 8.77. The lowest BCUT2D eigenvalue weighted by Gasteiger charge is -2.42. The minimum absolute atomic E-state index is 0.0601. The number of aliphatic hydroxyl groups excluding tert-OH is 1. The lowest BCUT2D eigenvalue weighted by Crippen LogP contribution is -2.53. The zero-order valence-corrected chi connectivity index (χ0v) is 30.4. The Labute approximate surface area is 300 Å². The van der Waals surface area contributed by atoms with Gasteiger partial charge in [0.2, 0.25) is 10.0 Å². The van der Waals surface area contributed by atoms with Crippen LogP contribution in [-0.4, -0.2) is 40.5 Å². The zero-order valence-electron chi connectivity index (χ0n) is 28.8. The third kappa shape index (κ3) is 7.97. The van der Waals surface area contributed by atoms with Crippen LogP contribution in [0.2, 0.25) is 0 Å². The van der Waals surface area contributed by atoms with Crippen LogP contribution in [0.4, 0.5) is 11.4 Å². The number of benzene rings is 4. The van der Waals surface area contributed by atoms with Gasteiger partial charge in [0, 0.05) is 12.1 Å². The number of amidine groups is 1. The van der Waals surface area contributed by atoms with Crippen molar-refractivity contribution in [2.75, 3.05) is 16.3 Å². The van der Waals surface area contributed by atoms with Gasteiger partial charge >= 0.3 is 0 Å². The maximum absolute atomic E-state index is 15.1. The van der Waals surface area contributed by atoms with Crippen LogP contribution >= 0.6 is 10.8 Å². The molecule has 0 amide bonds. The first kappa shape index (κ1) is 36.1. The van der Waals surface area contributed by atoms with Crippen LogP contribution in [-0.2, 0) is 33.5 Å². The highest BCUT2D eigenvalue weighted by Gasteiger charge is 2.50. The third-order valence-corrected chi connectivity index (χ3v) is 10.7. The second-order valence-electron chi connectivity index (χ2n) is 14.0. The Hall–Kier alpha value is -4.66. The summed E-state index contributed by atoms with van der Waals surface area (Å²) in [6.07, 6.45) is 1.97. The van der Waals surface area contributed by atoms with E-state index >= 15 is 4.79 Å². The summed E-state index contributed by atoms with van der Waals surface area (Å²) in [5, 5.41) is 18.3. The van der Waals surface area contributed by atoms with Crippen LogP contribution in [0.1, 0.15) is 55.9 Å². The van der Waals surface area contributed by atoms with Crippen LogP contribution in [0, 0.1) is 5.41 Å². The molecule has 0 saturated heterocycles. The molecule has 6 N–H and O–H groups in total. The van der Waals surface area contributed by atoms with Crippen LogP contribution in [0.25, 0.3) is 5.76 Å². The van der Waals surface area contributed by atoms with Crippen LogP contribution < -0.4 is 20.1 Å². The normalized spacial score (nSPS) is 18.9. The van der Waals surface area contributed by atoms with Crippen LogP contribution in [0.15, 0.2) is 112 Å². The Morgan fingerprint density at radius 3 is 2.35 bits per heavy atom. The van der Waals surface area contributed by atoms with E-state index in [-0.39, 0.29) is 45.4 Å². The standard InChI is InChI=1S/C38H42N4O7S2/c1-37(2,3)19-20-38(39-23-26-13-10-14-28(21-26)49-24-25-11-6-5-7-12-25)30-16-9-8-15-29(30)34(43)33(35(38)44)36-40-31-18-17-27(41-50(4,45)46)22-32(31)51(47,48)42-36/h5-18,21-22,39,41,43,47-48H,19-20,23-24H2,1-4H3,(H,40,42). The van der Waals surface area contributed by atoms with Gasteiger partial charge in [-0.15, -0.1) is 4.40 Å².